The summed E-state index contributed by atoms with van der Waals surface area (Å²) in [6.45, 7) is 8.41. The van der Waals surface area contributed by atoms with Crippen LogP contribution in [-0.4, -0.2) is 42.6 Å². The molecular formula is C13H26NO6P. The fraction of sp³-hybridized carbons (Fsp3) is 0.846. The molecule has 124 valence electrons. The molecule has 0 aliphatic heterocycles. The Hall–Kier alpha value is -1.07. The van der Waals surface area contributed by atoms with Crippen molar-refractivity contribution in [1.82, 2.24) is 5.32 Å². The summed E-state index contributed by atoms with van der Waals surface area (Å²) < 4.78 is 21.2. The molecule has 0 aromatic rings. The van der Waals surface area contributed by atoms with Crippen molar-refractivity contribution in [3.8, 4) is 0 Å². The van der Waals surface area contributed by atoms with Crippen molar-refractivity contribution in [2.24, 2.45) is 11.8 Å². The van der Waals surface area contributed by atoms with Crippen LogP contribution in [0.4, 0.5) is 4.79 Å². The maximum atomic E-state index is 11.6. The highest BCUT2D eigenvalue weighted by atomic mass is 31.2. The van der Waals surface area contributed by atoms with E-state index in [-0.39, 0.29) is 24.5 Å². The first-order chi connectivity index (χ1) is 9.53. The Bertz CT molecular complexity index is 390. The molecule has 0 rings (SSSR count). The molecule has 2 N–H and O–H groups in total. The van der Waals surface area contributed by atoms with Crippen LogP contribution in [0.3, 0.4) is 0 Å². The zero-order valence-corrected chi connectivity index (χ0v) is 14.2. The quantitative estimate of drug-likeness (QED) is 0.307. The lowest BCUT2D eigenvalue weighted by Gasteiger charge is -2.22. The molecule has 0 aliphatic carbocycles. The fourth-order valence-electron chi connectivity index (χ4n) is 1.26. The lowest BCUT2D eigenvalue weighted by atomic mass is 10.2. The molecular weight excluding hydrogens is 297 g/mol. The molecule has 0 spiro atoms. The van der Waals surface area contributed by atoms with Crippen LogP contribution in [0.2, 0.25) is 0 Å². The standard InChI is InChI=1S/C13H26NO6P/c1-9(2)11(15)19-12(10(3)4)20-13(16)14-7-6-8-21(5,17)18/h9-10,12H,6-8H2,1-5H3,(H,14,16)(H,17,18). The molecule has 7 nitrogen and oxygen atoms in total. The molecule has 0 aromatic carbocycles. The normalized spacial score (nSPS) is 15.4. The van der Waals surface area contributed by atoms with E-state index >= 15 is 0 Å². The van der Waals surface area contributed by atoms with E-state index in [2.05, 4.69) is 5.32 Å². The SMILES string of the molecule is CC(C)C(=O)OC(OC(=O)NCCCP(C)(=O)O)C(C)C. The number of nitrogens with one attached hydrogen (secondary N) is 1. The first kappa shape index (κ1) is 19.9. The number of carbonyl (C=O) groups excluding carboxylic acids is 2. The zero-order chi connectivity index (χ0) is 16.6. The van der Waals surface area contributed by atoms with E-state index in [0.29, 0.717) is 6.42 Å². The summed E-state index contributed by atoms with van der Waals surface area (Å²) in [6, 6.07) is 0. The Kier molecular flexibility index (Phi) is 8.59. The van der Waals surface area contributed by atoms with Crippen LogP contribution in [0.1, 0.15) is 34.1 Å². The predicted octanol–water partition coefficient (Wildman–Crippen LogP) is 2.18. The van der Waals surface area contributed by atoms with Crippen molar-refractivity contribution < 1.29 is 28.5 Å². The van der Waals surface area contributed by atoms with E-state index in [0.717, 1.165) is 0 Å². The molecule has 0 saturated heterocycles. The second kappa shape index (κ2) is 9.05. The summed E-state index contributed by atoms with van der Waals surface area (Å²) in [5, 5.41) is 2.46. The van der Waals surface area contributed by atoms with Crippen molar-refractivity contribution >= 4 is 19.4 Å². The number of hydrogen-bond acceptors (Lipinski definition) is 5. The number of alkyl carbamates (subject to hydrolysis) is 1. The molecule has 2 unspecified atom stereocenters. The minimum absolute atomic E-state index is 0.128. The molecule has 0 aliphatic rings. The van der Waals surface area contributed by atoms with Crippen LogP contribution in [0.15, 0.2) is 0 Å². The number of carbonyl (C=O) groups is 2. The van der Waals surface area contributed by atoms with Crippen LogP contribution in [0, 0.1) is 11.8 Å². The van der Waals surface area contributed by atoms with Gasteiger partial charge in [-0.25, -0.2) is 4.79 Å². The van der Waals surface area contributed by atoms with E-state index in [4.69, 9.17) is 14.4 Å². The summed E-state index contributed by atoms with van der Waals surface area (Å²) in [5.41, 5.74) is 0. The van der Waals surface area contributed by atoms with Crippen LogP contribution in [0.25, 0.3) is 0 Å². The van der Waals surface area contributed by atoms with E-state index in [9.17, 15) is 14.2 Å². The Morgan fingerprint density at radius 1 is 1.19 bits per heavy atom. The van der Waals surface area contributed by atoms with Gasteiger partial charge < -0.3 is 19.7 Å². The van der Waals surface area contributed by atoms with Gasteiger partial charge in [0, 0.05) is 25.3 Å². The monoisotopic (exact) mass is 323 g/mol. The van der Waals surface area contributed by atoms with Gasteiger partial charge in [0.05, 0.1) is 5.92 Å². The van der Waals surface area contributed by atoms with Crippen molar-refractivity contribution in [2.45, 2.75) is 40.4 Å². The largest absolute Gasteiger partial charge is 0.425 e. The Morgan fingerprint density at radius 3 is 2.19 bits per heavy atom. The molecule has 8 heteroatoms. The summed E-state index contributed by atoms with van der Waals surface area (Å²) in [7, 11) is -3.06. The third-order valence-electron chi connectivity index (χ3n) is 2.49. The van der Waals surface area contributed by atoms with Gasteiger partial charge in [-0.15, -0.1) is 0 Å². The molecule has 21 heavy (non-hydrogen) atoms. The predicted molar refractivity (Wildman–Crippen MR) is 79.3 cm³/mol. The van der Waals surface area contributed by atoms with Crippen LogP contribution >= 0.6 is 7.37 Å². The Balaban J connectivity index is 4.18. The van der Waals surface area contributed by atoms with E-state index in [1.807, 2.05) is 0 Å². The number of esters is 1. The lowest BCUT2D eigenvalue weighted by molar-refractivity contribution is -0.178. The van der Waals surface area contributed by atoms with Gasteiger partial charge in [-0.2, -0.15) is 0 Å². The Labute approximate surface area is 125 Å². The number of amides is 1. The summed E-state index contributed by atoms with van der Waals surface area (Å²) in [6.07, 6.45) is -1.16. The first-order valence-electron chi connectivity index (χ1n) is 6.97. The average molecular weight is 323 g/mol. The second-order valence-corrected chi connectivity index (χ2v) is 8.21. The topological polar surface area (TPSA) is 102 Å². The third-order valence-corrected chi connectivity index (χ3v) is 3.64. The summed E-state index contributed by atoms with van der Waals surface area (Å²) in [4.78, 5) is 32.2. The van der Waals surface area contributed by atoms with Crippen molar-refractivity contribution in [3.63, 3.8) is 0 Å². The maximum absolute atomic E-state index is 11.6. The molecule has 2 atom stereocenters. The smallest absolute Gasteiger partial charge is 0.410 e. The minimum atomic E-state index is -3.06. The number of ether oxygens (including phenoxy) is 2. The lowest BCUT2D eigenvalue weighted by Crippen LogP contribution is -2.35. The minimum Gasteiger partial charge on any atom is -0.425 e. The highest BCUT2D eigenvalue weighted by Gasteiger charge is 2.24. The van der Waals surface area contributed by atoms with Gasteiger partial charge in [-0.1, -0.05) is 27.7 Å². The molecule has 0 fully saturated rings. The van der Waals surface area contributed by atoms with E-state index < -0.39 is 25.7 Å². The molecule has 0 saturated carbocycles. The third kappa shape index (κ3) is 10.3. The van der Waals surface area contributed by atoms with Crippen molar-refractivity contribution in [1.29, 1.82) is 0 Å². The zero-order valence-electron chi connectivity index (χ0n) is 13.3. The van der Waals surface area contributed by atoms with Gasteiger partial charge in [0.1, 0.15) is 0 Å². The molecule has 0 heterocycles. The number of rotatable bonds is 8. The van der Waals surface area contributed by atoms with Gasteiger partial charge in [0.15, 0.2) is 7.37 Å². The van der Waals surface area contributed by atoms with Gasteiger partial charge in [-0.05, 0) is 6.42 Å². The summed E-state index contributed by atoms with van der Waals surface area (Å²) in [5.74, 6) is -0.915. The molecule has 1 amide bonds. The fourth-order valence-corrected chi connectivity index (χ4v) is 2.00. The van der Waals surface area contributed by atoms with Crippen molar-refractivity contribution in [3.05, 3.63) is 0 Å². The average Bonchev–Trinajstić information content (AvgIpc) is 2.32. The molecule has 0 radical (unpaired) electrons. The van der Waals surface area contributed by atoms with E-state index in [1.54, 1.807) is 27.7 Å². The Morgan fingerprint density at radius 2 is 1.76 bits per heavy atom. The van der Waals surface area contributed by atoms with Gasteiger partial charge >= 0.3 is 12.1 Å². The van der Waals surface area contributed by atoms with Gasteiger partial charge in [0.25, 0.3) is 6.29 Å². The van der Waals surface area contributed by atoms with Crippen molar-refractivity contribution in [2.75, 3.05) is 19.4 Å². The number of hydrogen-bond donors (Lipinski definition) is 2. The highest BCUT2D eigenvalue weighted by molar-refractivity contribution is 7.57. The van der Waals surface area contributed by atoms with Gasteiger partial charge in [0.2, 0.25) is 0 Å². The summed E-state index contributed by atoms with van der Waals surface area (Å²) >= 11 is 0. The first-order valence-corrected chi connectivity index (χ1v) is 9.26. The van der Waals surface area contributed by atoms with Crippen LogP contribution < -0.4 is 5.32 Å². The van der Waals surface area contributed by atoms with Gasteiger partial charge in [-0.3, -0.25) is 9.36 Å². The van der Waals surface area contributed by atoms with Crippen LogP contribution in [0.5, 0.6) is 0 Å². The second-order valence-electron chi connectivity index (χ2n) is 5.66. The van der Waals surface area contributed by atoms with E-state index in [1.165, 1.54) is 6.66 Å². The maximum Gasteiger partial charge on any atom is 0.410 e. The molecule has 0 aromatic heterocycles. The molecule has 0 bridgehead atoms. The van der Waals surface area contributed by atoms with Crippen LogP contribution in [-0.2, 0) is 18.8 Å². The highest BCUT2D eigenvalue weighted by Crippen LogP contribution is 2.35.